The Morgan fingerprint density at radius 1 is 1.32 bits per heavy atom. The van der Waals surface area contributed by atoms with Gasteiger partial charge in [-0.2, -0.15) is 0 Å². The van der Waals surface area contributed by atoms with Gasteiger partial charge in [0.15, 0.2) is 0 Å². The molecule has 0 unspecified atom stereocenters. The SMILES string of the molecule is Cc1ccc([C@H](C)NC(=O)C2(N)CCOCC2)cc1. The predicted molar refractivity (Wildman–Crippen MR) is 74.7 cm³/mol. The van der Waals surface area contributed by atoms with Gasteiger partial charge < -0.3 is 15.8 Å². The van der Waals surface area contributed by atoms with E-state index in [2.05, 4.69) is 5.32 Å². The maximum Gasteiger partial charge on any atom is 0.240 e. The number of ether oxygens (including phenoxy) is 1. The van der Waals surface area contributed by atoms with Crippen LogP contribution < -0.4 is 11.1 Å². The van der Waals surface area contributed by atoms with E-state index in [1.54, 1.807) is 0 Å². The van der Waals surface area contributed by atoms with Crippen molar-refractivity contribution in [3.8, 4) is 0 Å². The third-order valence-corrected chi connectivity index (χ3v) is 3.76. The highest BCUT2D eigenvalue weighted by Gasteiger charge is 2.36. The van der Waals surface area contributed by atoms with Crippen molar-refractivity contribution in [1.29, 1.82) is 0 Å². The van der Waals surface area contributed by atoms with Crippen LogP contribution in [0.5, 0.6) is 0 Å². The van der Waals surface area contributed by atoms with Gasteiger partial charge in [-0.1, -0.05) is 29.8 Å². The summed E-state index contributed by atoms with van der Waals surface area (Å²) in [5.74, 6) is -0.0797. The van der Waals surface area contributed by atoms with Crippen molar-refractivity contribution < 1.29 is 9.53 Å². The number of nitrogens with one attached hydrogen (secondary N) is 1. The molecule has 1 aliphatic heterocycles. The van der Waals surface area contributed by atoms with E-state index in [1.165, 1.54) is 5.56 Å². The lowest BCUT2D eigenvalue weighted by molar-refractivity contribution is -0.130. The Bertz CT molecular complexity index is 436. The summed E-state index contributed by atoms with van der Waals surface area (Å²) in [5, 5.41) is 3.01. The van der Waals surface area contributed by atoms with Gasteiger partial charge in [0.1, 0.15) is 0 Å². The molecule has 19 heavy (non-hydrogen) atoms. The second-order valence-corrected chi connectivity index (χ2v) is 5.37. The number of carbonyl (C=O) groups is 1. The Hall–Kier alpha value is -1.39. The Labute approximate surface area is 114 Å². The van der Waals surface area contributed by atoms with Crippen LogP contribution in [0.4, 0.5) is 0 Å². The van der Waals surface area contributed by atoms with E-state index in [1.807, 2.05) is 38.1 Å². The Kier molecular flexibility index (Phi) is 4.22. The van der Waals surface area contributed by atoms with Gasteiger partial charge >= 0.3 is 0 Å². The van der Waals surface area contributed by atoms with Crippen LogP contribution in [0.15, 0.2) is 24.3 Å². The van der Waals surface area contributed by atoms with Crippen molar-refractivity contribution in [3.05, 3.63) is 35.4 Å². The monoisotopic (exact) mass is 262 g/mol. The van der Waals surface area contributed by atoms with Gasteiger partial charge in [-0.05, 0) is 32.3 Å². The molecule has 0 aliphatic carbocycles. The first kappa shape index (κ1) is 14.0. The van der Waals surface area contributed by atoms with Gasteiger partial charge in [-0.25, -0.2) is 0 Å². The fraction of sp³-hybridized carbons (Fsp3) is 0.533. The molecule has 2 rings (SSSR count). The molecule has 1 saturated heterocycles. The van der Waals surface area contributed by atoms with Gasteiger partial charge in [0.05, 0.1) is 11.6 Å². The van der Waals surface area contributed by atoms with Crippen LogP contribution in [0.25, 0.3) is 0 Å². The number of carbonyl (C=O) groups excluding carboxylic acids is 1. The summed E-state index contributed by atoms with van der Waals surface area (Å²) < 4.78 is 5.26. The molecular weight excluding hydrogens is 240 g/mol. The number of aryl methyl sites for hydroxylation is 1. The standard InChI is InChI=1S/C15H22N2O2/c1-11-3-5-13(6-4-11)12(2)17-14(18)15(16)7-9-19-10-8-15/h3-6,12H,7-10,16H2,1-2H3,(H,17,18)/t12-/m0/s1. The second-order valence-electron chi connectivity index (χ2n) is 5.37. The third-order valence-electron chi connectivity index (χ3n) is 3.76. The van der Waals surface area contributed by atoms with Gasteiger partial charge in [0.2, 0.25) is 5.91 Å². The number of benzene rings is 1. The molecule has 1 atom stereocenters. The molecule has 4 heteroatoms. The molecule has 1 aromatic carbocycles. The number of amides is 1. The third kappa shape index (κ3) is 3.33. The minimum Gasteiger partial charge on any atom is -0.381 e. The van der Waals surface area contributed by atoms with Crippen molar-refractivity contribution in [2.24, 2.45) is 5.73 Å². The molecule has 0 aromatic heterocycles. The lowest BCUT2D eigenvalue weighted by atomic mass is 9.90. The smallest absolute Gasteiger partial charge is 0.240 e. The highest BCUT2D eigenvalue weighted by Crippen LogP contribution is 2.20. The van der Waals surface area contributed by atoms with Crippen LogP contribution in [0, 0.1) is 6.92 Å². The van der Waals surface area contributed by atoms with Crippen LogP contribution in [0.2, 0.25) is 0 Å². The molecule has 1 aromatic rings. The molecule has 0 saturated carbocycles. The highest BCUT2D eigenvalue weighted by atomic mass is 16.5. The van der Waals surface area contributed by atoms with Crippen molar-refractivity contribution in [2.45, 2.75) is 38.3 Å². The zero-order valence-electron chi connectivity index (χ0n) is 11.6. The van der Waals surface area contributed by atoms with Crippen molar-refractivity contribution in [2.75, 3.05) is 13.2 Å². The average molecular weight is 262 g/mol. The number of nitrogens with two attached hydrogens (primary N) is 1. The summed E-state index contributed by atoms with van der Waals surface area (Å²) in [6.45, 7) is 5.14. The molecular formula is C15H22N2O2. The van der Waals surface area contributed by atoms with Crippen LogP contribution in [-0.4, -0.2) is 24.7 Å². The van der Waals surface area contributed by atoms with Gasteiger partial charge in [-0.3, -0.25) is 4.79 Å². The lowest BCUT2D eigenvalue weighted by Crippen LogP contribution is -2.57. The predicted octanol–water partition coefficient (Wildman–Crippen LogP) is 1.68. The Morgan fingerprint density at radius 3 is 2.47 bits per heavy atom. The largest absolute Gasteiger partial charge is 0.381 e. The zero-order chi connectivity index (χ0) is 13.9. The van der Waals surface area contributed by atoms with E-state index in [-0.39, 0.29) is 11.9 Å². The maximum absolute atomic E-state index is 12.3. The number of hydrogen-bond donors (Lipinski definition) is 2. The van der Waals surface area contributed by atoms with Gasteiger partial charge in [0, 0.05) is 13.2 Å². The highest BCUT2D eigenvalue weighted by molar-refractivity contribution is 5.86. The second kappa shape index (κ2) is 5.72. The minimum absolute atomic E-state index is 0.0311. The van der Waals surface area contributed by atoms with E-state index in [4.69, 9.17) is 10.5 Å². The first-order valence-corrected chi connectivity index (χ1v) is 6.75. The van der Waals surface area contributed by atoms with E-state index in [9.17, 15) is 4.79 Å². The molecule has 4 nitrogen and oxygen atoms in total. The molecule has 1 fully saturated rings. The summed E-state index contributed by atoms with van der Waals surface area (Å²) >= 11 is 0. The summed E-state index contributed by atoms with van der Waals surface area (Å²) in [7, 11) is 0. The average Bonchev–Trinajstić information content (AvgIpc) is 2.40. The molecule has 1 amide bonds. The summed E-state index contributed by atoms with van der Waals surface area (Å²) in [6, 6.07) is 8.13. The number of hydrogen-bond acceptors (Lipinski definition) is 3. The lowest BCUT2D eigenvalue weighted by Gasteiger charge is -2.33. The number of rotatable bonds is 3. The van der Waals surface area contributed by atoms with E-state index >= 15 is 0 Å². The topological polar surface area (TPSA) is 64.4 Å². The van der Waals surface area contributed by atoms with Crippen LogP contribution in [-0.2, 0) is 9.53 Å². The van der Waals surface area contributed by atoms with Crippen LogP contribution in [0.3, 0.4) is 0 Å². The molecule has 1 heterocycles. The summed E-state index contributed by atoms with van der Waals surface area (Å²) in [6.07, 6.45) is 1.17. The Balaban J connectivity index is 2.00. The first-order valence-electron chi connectivity index (χ1n) is 6.75. The van der Waals surface area contributed by atoms with E-state index in [0.29, 0.717) is 26.1 Å². The van der Waals surface area contributed by atoms with Crippen molar-refractivity contribution in [3.63, 3.8) is 0 Å². The van der Waals surface area contributed by atoms with Gasteiger partial charge in [0.25, 0.3) is 0 Å². The van der Waals surface area contributed by atoms with Crippen molar-refractivity contribution in [1.82, 2.24) is 5.32 Å². The molecule has 0 spiro atoms. The maximum atomic E-state index is 12.3. The fourth-order valence-electron chi connectivity index (χ4n) is 2.24. The normalized spacial score (nSPS) is 19.7. The Morgan fingerprint density at radius 2 is 1.89 bits per heavy atom. The zero-order valence-corrected chi connectivity index (χ0v) is 11.6. The van der Waals surface area contributed by atoms with E-state index in [0.717, 1.165) is 5.56 Å². The molecule has 0 bridgehead atoms. The van der Waals surface area contributed by atoms with Crippen molar-refractivity contribution >= 4 is 5.91 Å². The van der Waals surface area contributed by atoms with Crippen LogP contribution in [0.1, 0.15) is 36.9 Å². The minimum atomic E-state index is -0.781. The molecule has 1 aliphatic rings. The molecule has 3 N–H and O–H groups in total. The molecule has 104 valence electrons. The summed E-state index contributed by atoms with van der Waals surface area (Å²) in [5.41, 5.74) is 7.68. The summed E-state index contributed by atoms with van der Waals surface area (Å²) in [4.78, 5) is 12.3. The first-order chi connectivity index (χ1) is 9.01. The molecule has 0 radical (unpaired) electrons. The quantitative estimate of drug-likeness (QED) is 0.871. The van der Waals surface area contributed by atoms with E-state index < -0.39 is 5.54 Å². The van der Waals surface area contributed by atoms with Crippen LogP contribution >= 0.6 is 0 Å². The fourth-order valence-corrected chi connectivity index (χ4v) is 2.24. The van der Waals surface area contributed by atoms with Gasteiger partial charge in [-0.15, -0.1) is 0 Å².